The lowest BCUT2D eigenvalue weighted by Gasteiger charge is -2.26. The molecule has 0 saturated carbocycles. The smallest absolute Gasteiger partial charge is 0.260 e. The van der Waals surface area contributed by atoms with Gasteiger partial charge in [-0.25, -0.2) is 0 Å². The number of benzene rings is 2. The maximum atomic E-state index is 12.8. The van der Waals surface area contributed by atoms with Gasteiger partial charge in [-0.15, -0.1) is 0 Å². The van der Waals surface area contributed by atoms with Gasteiger partial charge < -0.3 is 14.4 Å². The highest BCUT2D eigenvalue weighted by atomic mass is 35.5. The molecule has 1 amide bonds. The molecule has 7 heteroatoms. The Kier molecular flexibility index (Phi) is 7.25. The van der Waals surface area contributed by atoms with Crippen LogP contribution in [-0.4, -0.2) is 36.7 Å². The van der Waals surface area contributed by atoms with Gasteiger partial charge in [0.15, 0.2) is 6.61 Å². The zero-order chi connectivity index (χ0) is 19.2. The molecule has 0 spiro atoms. The summed E-state index contributed by atoms with van der Waals surface area (Å²) >= 11 is 18.2. The lowest BCUT2D eigenvalue weighted by Crippen LogP contribution is -2.39. The molecule has 1 fully saturated rings. The molecule has 144 valence electrons. The van der Waals surface area contributed by atoms with E-state index >= 15 is 0 Å². The van der Waals surface area contributed by atoms with E-state index in [1.807, 2.05) is 6.07 Å². The van der Waals surface area contributed by atoms with E-state index in [2.05, 4.69) is 0 Å². The predicted octanol–water partition coefficient (Wildman–Crippen LogP) is 5.23. The van der Waals surface area contributed by atoms with Crippen molar-refractivity contribution in [2.75, 3.05) is 19.8 Å². The Morgan fingerprint density at radius 1 is 1.15 bits per heavy atom. The van der Waals surface area contributed by atoms with Crippen molar-refractivity contribution in [3.8, 4) is 5.75 Å². The van der Waals surface area contributed by atoms with Gasteiger partial charge in [-0.1, -0.05) is 46.9 Å². The Labute approximate surface area is 173 Å². The number of carbonyl (C=O) groups excluding carboxylic acids is 1. The van der Waals surface area contributed by atoms with Gasteiger partial charge in [0.25, 0.3) is 5.91 Å². The molecule has 2 aromatic carbocycles. The molecule has 0 bridgehead atoms. The molecule has 1 aliphatic rings. The van der Waals surface area contributed by atoms with E-state index in [4.69, 9.17) is 44.3 Å². The minimum absolute atomic E-state index is 0.0335. The van der Waals surface area contributed by atoms with Gasteiger partial charge in [0, 0.05) is 34.8 Å². The SMILES string of the molecule is O=C(COc1cccc(Cl)c1)N(Cc1ccc(Cl)cc1Cl)C[C@H]1CCCO1. The fourth-order valence-corrected chi connectivity index (χ4v) is 3.59. The molecule has 0 aliphatic carbocycles. The minimum atomic E-state index is -0.142. The van der Waals surface area contributed by atoms with Crippen LogP contribution in [0.25, 0.3) is 0 Å². The van der Waals surface area contributed by atoms with Gasteiger partial charge in [0.05, 0.1) is 6.10 Å². The average Bonchev–Trinajstić information content (AvgIpc) is 3.14. The summed E-state index contributed by atoms with van der Waals surface area (Å²) in [4.78, 5) is 14.5. The molecule has 4 nitrogen and oxygen atoms in total. The molecule has 0 unspecified atom stereocenters. The highest BCUT2D eigenvalue weighted by molar-refractivity contribution is 6.35. The number of ether oxygens (including phenoxy) is 2. The first-order chi connectivity index (χ1) is 13.0. The van der Waals surface area contributed by atoms with Crippen LogP contribution in [0.5, 0.6) is 5.75 Å². The van der Waals surface area contributed by atoms with E-state index in [0.717, 1.165) is 25.0 Å². The third-order valence-corrected chi connectivity index (χ3v) is 5.16. The quantitative estimate of drug-likeness (QED) is 0.606. The van der Waals surface area contributed by atoms with Crippen molar-refractivity contribution in [2.24, 2.45) is 0 Å². The van der Waals surface area contributed by atoms with E-state index in [1.54, 1.807) is 41.3 Å². The first-order valence-electron chi connectivity index (χ1n) is 8.73. The number of halogens is 3. The van der Waals surface area contributed by atoms with Gasteiger partial charge in [-0.3, -0.25) is 4.79 Å². The first-order valence-corrected chi connectivity index (χ1v) is 9.86. The summed E-state index contributed by atoms with van der Waals surface area (Å²) in [6.07, 6.45) is 1.98. The van der Waals surface area contributed by atoms with Crippen molar-refractivity contribution in [1.82, 2.24) is 4.90 Å². The van der Waals surface area contributed by atoms with Crippen LogP contribution in [0.4, 0.5) is 0 Å². The van der Waals surface area contributed by atoms with Crippen LogP contribution in [0.3, 0.4) is 0 Å². The van der Waals surface area contributed by atoms with Crippen molar-refractivity contribution < 1.29 is 14.3 Å². The Hall–Kier alpha value is -1.46. The normalized spacial score (nSPS) is 16.3. The summed E-state index contributed by atoms with van der Waals surface area (Å²) in [6, 6.07) is 12.2. The predicted molar refractivity (Wildman–Crippen MR) is 108 cm³/mol. The number of hydrogen-bond acceptors (Lipinski definition) is 3. The lowest BCUT2D eigenvalue weighted by molar-refractivity contribution is -0.135. The van der Waals surface area contributed by atoms with E-state index < -0.39 is 0 Å². The summed E-state index contributed by atoms with van der Waals surface area (Å²) in [5, 5.41) is 1.65. The van der Waals surface area contributed by atoms with Crippen molar-refractivity contribution in [2.45, 2.75) is 25.5 Å². The topological polar surface area (TPSA) is 38.8 Å². The molecule has 1 saturated heterocycles. The van der Waals surface area contributed by atoms with Crippen LogP contribution >= 0.6 is 34.8 Å². The van der Waals surface area contributed by atoms with Gasteiger partial charge in [-0.2, -0.15) is 0 Å². The molecule has 0 N–H and O–H groups in total. The van der Waals surface area contributed by atoms with Gasteiger partial charge in [0.1, 0.15) is 5.75 Å². The standard InChI is InChI=1S/C20H20Cl3NO3/c21-15-3-1-4-17(9-15)27-13-20(25)24(12-18-5-2-8-26-18)11-14-6-7-16(22)10-19(14)23/h1,3-4,6-7,9-10,18H,2,5,8,11-13H2/t18-/m1/s1. The fourth-order valence-electron chi connectivity index (χ4n) is 2.94. The van der Waals surface area contributed by atoms with Crippen LogP contribution < -0.4 is 4.74 Å². The van der Waals surface area contributed by atoms with Crippen LogP contribution in [-0.2, 0) is 16.1 Å². The second kappa shape index (κ2) is 9.65. The van der Waals surface area contributed by atoms with Crippen molar-refractivity contribution in [3.63, 3.8) is 0 Å². The Morgan fingerprint density at radius 2 is 1.96 bits per heavy atom. The molecular weight excluding hydrogens is 409 g/mol. The number of rotatable bonds is 7. The molecule has 27 heavy (non-hydrogen) atoms. The maximum Gasteiger partial charge on any atom is 0.260 e. The molecule has 1 aliphatic heterocycles. The fraction of sp³-hybridized carbons (Fsp3) is 0.350. The van der Waals surface area contributed by atoms with Crippen molar-refractivity contribution in [3.05, 3.63) is 63.1 Å². The monoisotopic (exact) mass is 427 g/mol. The zero-order valence-electron chi connectivity index (χ0n) is 14.7. The Balaban J connectivity index is 1.68. The van der Waals surface area contributed by atoms with Crippen LogP contribution in [0.1, 0.15) is 18.4 Å². The minimum Gasteiger partial charge on any atom is -0.484 e. The summed E-state index contributed by atoms with van der Waals surface area (Å²) in [5.74, 6) is 0.411. The number of amides is 1. The second-order valence-corrected chi connectivity index (χ2v) is 7.67. The van der Waals surface area contributed by atoms with E-state index in [-0.39, 0.29) is 18.6 Å². The Morgan fingerprint density at radius 3 is 2.67 bits per heavy atom. The van der Waals surface area contributed by atoms with Crippen molar-refractivity contribution >= 4 is 40.7 Å². The number of carbonyl (C=O) groups is 1. The van der Waals surface area contributed by atoms with E-state index in [9.17, 15) is 4.79 Å². The molecule has 1 atom stereocenters. The van der Waals surface area contributed by atoms with E-state index in [0.29, 0.717) is 33.9 Å². The largest absolute Gasteiger partial charge is 0.484 e. The zero-order valence-corrected chi connectivity index (χ0v) is 16.9. The molecule has 2 aromatic rings. The number of hydrogen-bond donors (Lipinski definition) is 0. The van der Waals surface area contributed by atoms with Crippen LogP contribution in [0, 0.1) is 0 Å². The summed E-state index contributed by atoms with van der Waals surface area (Å²) < 4.78 is 11.3. The molecule has 0 radical (unpaired) electrons. The molecular formula is C20H20Cl3NO3. The highest BCUT2D eigenvalue weighted by Gasteiger charge is 2.23. The summed E-state index contributed by atoms with van der Waals surface area (Å²) in [7, 11) is 0. The van der Waals surface area contributed by atoms with Gasteiger partial charge >= 0.3 is 0 Å². The third-order valence-electron chi connectivity index (χ3n) is 4.34. The molecule has 0 aromatic heterocycles. The summed E-state index contributed by atoms with van der Waals surface area (Å²) in [6.45, 7) is 1.51. The lowest BCUT2D eigenvalue weighted by atomic mass is 10.1. The Bertz CT molecular complexity index is 794. The van der Waals surface area contributed by atoms with Crippen LogP contribution in [0.15, 0.2) is 42.5 Å². The second-order valence-electron chi connectivity index (χ2n) is 6.39. The number of nitrogens with zero attached hydrogens (tertiary/aromatic N) is 1. The first kappa shape index (κ1) is 20.3. The van der Waals surface area contributed by atoms with Gasteiger partial charge in [0.2, 0.25) is 0 Å². The molecule has 3 rings (SSSR count). The van der Waals surface area contributed by atoms with Crippen LogP contribution in [0.2, 0.25) is 15.1 Å². The van der Waals surface area contributed by atoms with Gasteiger partial charge in [-0.05, 0) is 48.7 Å². The third kappa shape index (κ3) is 6.01. The average molecular weight is 429 g/mol. The highest BCUT2D eigenvalue weighted by Crippen LogP contribution is 2.24. The summed E-state index contributed by atoms with van der Waals surface area (Å²) in [5.41, 5.74) is 0.829. The maximum absolute atomic E-state index is 12.8. The van der Waals surface area contributed by atoms with Crippen molar-refractivity contribution in [1.29, 1.82) is 0 Å². The molecule has 1 heterocycles. The van der Waals surface area contributed by atoms with E-state index in [1.165, 1.54) is 0 Å².